The van der Waals surface area contributed by atoms with Gasteiger partial charge in [-0.05, 0) is 64.1 Å². The predicted molar refractivity (Wildman–Crippen MR) is 125 cm³/mol. The number of rotatable bonds is 4. The number of hydrogen-bond acceptors (Lipinski definition) is 4. The summed E-state index contributed by atoms with van der Waals surface area (Å²) in [5.41, 5.74) is 4.63. The lowest BCUT2D eigenvalue weighted by Gasteiger charge is -2.24. The first-order valence-electron chi connectivity index (χ1n) is 10.7. The average Bonchev–Trinajstić information content (AvgIpc) is 3.27. The minimum absolute atomic E-state index is 0.0796. The van der Waals surface area contributed by atoms with Gasteiger partial charge in [0.05, 0.1) is 10.6 Å². The van der Waals surface area contributed by atoms with Gasteiger partial charge in [-0.3, -0.25) is 4.79 Å². The van der Waals surface area contributed by atoms with Crippen LogP contribution in [0.5, 0.6) is 0 Å². The van der Waals surface area contributed by atoms with Crippen molar-refractivity contribution in [1.29, 1.82) is 0 Å². The van der Waals surface area contributed by atoms with E-state index in [9.17, 15) is 4.79 Å². The number of para-hydroxylation sites is 1. The van der Waals surface area contributed by atoms with Crippen LogP contribution >= 0.6 is 11.6 Å². The first kappa shape index (κ1) is 20.4. The fourth-order valence-corrected chi connectivity index (χ4v) is 4.68. The number of nitrogens with zero attached hydrogens (tertiary/aromatic N) is 4. The molecule has 0 saturated heterocycles. The Balaban J connectivity index is 1.46. The highest BCUT2D eigenvalue weighted by atomic mass is 35.5. The maximum Gasteiger partial charge on any atom is 0.259 e. The van der Waals surface area contributed by atoms with Crippen LogP contribution in [0.3, 0.4) is 0 Å². The van der Waals surface area contributed by atoms with Gasteiger partial charge in [-0.15, -0.1) is 5.10 Å². The molecule has 0 bridgehead atoms. The Morgan fingerprint density at radius 2 is 1.84 bits per heavy atom. The van der Waals surface area contributed by atoms with E-state index >= 15 is 0 Å². The number of H-pyrrole nitrogens is 1. The zero-order chi connectivity index (χ0) is 21.9. The van der Waals surface area contributed by atoms with Crippen LogP contribution in [0, 0.1) is 0 Å². The van der Waals surface area contributed by atoms with E-state index in [1.54, 1.807) is 0 Å². The van der Waals surface area contributed by atoms with Crippen LogP contribution < -0.4 is 4.90 Å². The second kappa shape index (κ2) is 8.93. The van der Waals surface area contributed by atoms with Gasteiger partial charge in [0.15, 0.2) is 0 Å². The summed E-state index contributed by atoms with van der Waals surface area (Å²) < 4.78 is 0. The Morgan fingerprint density at radius 1 is 1.03 bits per heavy atom. The molecule has 1 atom stereocenters. The molecule has 2 heterocycles. The summed E-state index contributed by atoms with van der Waals surface area (Å²) in [6, 6.07) is 23.8. The van der Waals surface area contributed by atoms with Crippen LogP contribution in [-0.2, 0) is 6.42 Å². The molecule has 7 heteroatoms. The fraction of sp³-hybridized carbons (Fsp3) is 0.200. The first-order chi connectivity index (χ1) is 15.7. The van der Waals surface area contributed by atoms with Crippen molar-refractivity contribution in [2.24, 2.45) is 0 Å². The van der Waals surface area contributed by atoms with Crippen molar-refractivity contribution in [3.05, 3.63) is 94.8 Å². The third kappa shape index (κ3) is 4.01. The molecule has 0 aliphatic carbocycles. The lowest BCUT2D eigenvalue weighted by atomic mass is 9.91. The van der Waals surface area contributed by atoms with Crippen molar-refractivity contribution in [1.82, 2.24) is 20.6 Å². The molecule has 1 aromatic heterocycles. The molecule has 160 valence electrons. The maximum atomic E-state index is 13.6. The van der Waals surface area contributed by atoms with Crippen molar-refractivity contribution < 1.29 is 4.79 Å². The number of tetrazole rings is 1. The van der Waals surface area contributed by atoms with Crippen LogP contribution in [0.15, 0.2) is 72.8 Å². The highest BCUT2D eigenvalue weighted by Crippen LogP contribution is 2.37. The molecule has 0 spiro atoms. The predicted octanol–water partition coefficient (Wildman–Crippen LogP) is 5.29. The number of anilines is 1. The Kier molecular flexibility index (Phi) is 5.69. The standard InChI is InChI=1S/C25H22ClN5O/c26-22-15-18(17-7-2-1-3-8-17)12-13-21(22)25(32)31-14-6-9-19(16-24-27-29-30-28-24)20-10-4-5-11-23(20)31/h1-5,7-8,10-13,15,19H,6,9,14,16H2,(H,27,28,29,30). The molecular weight excluding hydrogens is 422 g/mol. The molecule has 4 aromatic rings. The Morgan fingerprint density at radius 3 is 2.62 bits per heavy atom. The number of amides is 1. The third-order valence-corrected chi connectivity index (χ3v) is 6.30. The van der Waals surface area contributed by atoms with Gasteiger partial charge < -0.3 is 4.90 Å². The van der Waals surface area contributed by atoms with E-state index in [-0.39, 0.29) is 11.8 Å². The summed E-state index contributed by atoms with van der Waals surface area (Å²) in [4.78, 5) is 15.5. The van der Waals surface area contributed by atoms with Gasteiger partial charge in [-0.1, -0.05) is 66.2 Å². The Hall–Kier alpha value is -3.51. The van der Waals surface area contributed by atoms with Crippen molar-refractivity contribution >= 4 is 23.2 Å². The number of aromatic amines is 1. The first-order valence-corrected chi connectivity index (χ1v) is 11.1. The number of aromatic nitrogens is 4. The van der Waals surface area contributed by atoms with Crippen molar-refractivity contribution in [2.75, 3.05) is 11.4 Å². The lowest BCUT2D eigenvalue weighted by Crippen LogP contribution is -2.32. The number of carbonyl (C=O) groups is 1. The van der Waals surface area contributed by atoms with Gasteiger partial charge in [0.2, 0.25) is 0 Å². The van der Waals surface area contributed by atoms with E-state index in [1.807, 2.05) is 71.6 Å². The van der Waals surface area contributed by atoms with Crippen LogP contribution in [0.4, 0.5) is 5.69 Å². The molecule has 1 aliphatic rings. The number of halogens is 1. The van der Waals surface area contributed by atoms with Gasteiger partial charge in [0.25, 0.3) is 5.91 Å². The molecule has 6 nitrogen and oxygen atoms in total. The number of fused-ring (bicyclic) bond motifs is 1. The highest BCUT2D eigenvalue weighted by molar-refractivity contribution is 6.35. The molecule has 0 fully saturated rings. The van der Waals surface area contributed by atoms with E-state index in [4.69, 9.17) is 11.6 Å². The SMILES string of the molecule is O=C(c1ccc(-c2ccccc2)cc1Cl)N1CCCC(Cc2nnn[nH]2)c2ccccc21. The zero-order valence-corrected chi connectivity index (χ0v) is 18.2. The fourth-order valence-electron chi connectivity index (χ4n) is 4.42. The molecule has 5 rings (SSSR count). The lowest BCUT2D eigenvalue weighted by molar-refractivity contribution is 0.0987. The van der Waals surface area contributed by atoms with Gasteiger partial charge in [0.1, 0.15) is 5.82 Å². The van der Waals surface area contributed by atoms with E-state index in [1.165, 1.54) is 0 Å². The van der Waals surface area contributed by atoms with E-state index in [0.717, 1.165) is 41.0 Å². The summed E-state index contributed by atoms with van der Waals surface area (Å²) in [5, 5.41) is 14.7. The Labute approximate surface area is 191 Å². The van der Waals surface area contributed by atoms with Crippen LogP contribution in [0.2, 0.25) is 5.02 Å². The average molecular weight is 444 g/mol. The van der Waals surface area contributed by atoms with Gasteiger partial charge in [-0.2, -0.15) is 0 Å². The van der Waals surface area contributed by atoms with Crippen LogP contribution in [0.1, 0.15) is 40.5 Å². The van der Waals surface area contributed by atoms with Crippen molar-refractivity contribution in [3.8, 4) is 11.1 Å². The second-order valence-corrected chi connectivity index (χ2v) is 8.37. The number of hydrogen-bond donors (Lipinski definition) is 1. The third-order valence-electron chi connectivity index (χ3n) is 5.98. The molecule has 3 aromatic carbocycles. The normalized spacial score (nSPS) is 15.8. The number of benzene rings is 3. The largest absolute Gasteiger partial charge is 0.308 e. The topological polar surface area (TPSA) is 74.8 Å². The zero-order valence-electron chi connectivity index (χ0n) is 17.4. The number of carbonyl (C=O) groups excluding carboxylic acids is 1. The Bertz CT molecular complexity index is 1230. The molecular formula is C25H22ClN5O. The van der Waals surface area contributed by atoms with Crippen LogP contribution in [0.25, 0.3) is 11.1 Å². The van der Waals surface area contributed by atoms with E-state index < -0.39 is 0 Å². The molecule has 1 N–H and O–H groups in total. The van der Waals surface area contributed by atoms with Gasteiger partial charge in [0, 0.05) is 18.7 Å². The maximum absolute atomic E-state index is 13.6. The second-order valence-electron chi connectivity index (χ2n) is 7.97. The molecule has 32 heavy (non-hydrogen) atoms. The molecule has 1 unspecified atom stereocenters. The molecule has 0 radical (unpaired) electrons. The number of nitrogens with one attached hydrogen (secondary N) is 1. The molecule has 1 aliphatic heterocycles. The summed E-state index contributed by atoms with van der Waals surface area (Å²) in [5.74, 6) is 0.905. The van der Waals surface area contributed by atoms with Crippen LogP contribution in [-0.4, -0.2) is 33.1 Å². The monoisotopic (exact) mass is 443 g/mol. The highest BCUT2D eigenvalue weighted by Gasteiger charge is 2.28. The summed E-state index contributed by atoms with van der Waals surface area (Å²) in [6.07, 6.45) is 2.53. The molecule has 0 saturated carbocycles. The quantitative estimate of drug-likeness (QED) is 0.465. The van der Waals surface area contributed by atoms with Crippen molar-refractivity contribution in [3.63, 3.8) is 0 Å². The minimum atomic E-state index is -0.0796. The summed E-state index contributed by atoms with van der Waals surface area (Å²) in [7, 11) is 0. The minimum Gasteiger partial charge on any atom is -0.308 e. The summed E-state index contributed by atoms with van der Waals surface area (Å²) in [6.45, 7) is 0.637. The van der Waals surface area contributed by atoms with Gasteiger partial charge in [-0.25, -0.2) is 5.10 Å². The summed E-state index contributed by atoms with van der Waals surface area (Å²) >= 11 is 6.61. The van der Waals surface area contributed by atoms with E-state index in [2.05, 4.69) is 26.7 Å². The smallest absolute Gasteiger partial charge is 0.259 e. The van der Waals surface area contributed by atoms with Gasteiger partial charge >= 0.3 is 0 Å². The van der Waals surface area contributed by atoms with Crippen molar-refractivity contribution in [2.45, 2.75) is 25.2 Å². The molecule has 1 amide bonds. The van der Waals surface area contributed by atoms with E-state index in [0.29, 0.717) is 23.6 Å².